The Morgan fingerprint density at radius 3 is 2.82 bits per heavy atom. The summed E-state index contributed by atoms with van der Waals surface area (Å²) < 4.78 is 18.4. The molecule has 1 aromatic carbocycles. The molecule has 0 unspecified atom stereocenters. The van der Waals surface area contributed by atoms with Crippen LogP contribution in [0.25, 0.3) is 0 Å². The van der Waals surface area contributed by atoms with E-state index in [-0.39, 0.29) is 5.69 Å². The van der Waals surface area contributed by atoms with E-state index in [0.29, 0.717) is 38.3 Å². The van der Waals surface area contributed by atoms with Crippen molar-refractivity contribution in [2.75, 3.05) is 30.8 Å². The molecule has 0 atom stereocenters. The summed E-state index contributed by atoms with van der Waals surface area (Å²) >= 11 is 0. The maximum atomic E-state index is 13.2. The minimum atomic E-state index is -0.795. The summed E-state index contributed by atoms with van der Waals surface area (Å²) in [4.78, 5) is 0. The van der Waals surface area contributed by atoms with E-state index in [1.807, 2.05) is 0 Å². The summed E-state index contributed by atoms with van der Waals surface area (Å²) in [5, 5.41) is 13.2. The Morgan fingerprint density at radius 2 is 2.12 bits per heavy atom. The van der Waals surface area contributed by atoms with E-state index in [1.54, 1.807) is 12.1 Å². The standard InChI is InChI=1S/C12H17FN2O2/c13-9-2-1-3-10(11(9)14)15-8-12(16)4-6-17-7-5-12/h1-3,15-16H,4-8,14H2. The van der Waals surface area contributed by atoms with Crippen LogP contribution in [0.5, 0.6) is 0 Å². The molecule has 4 N–H and O–H groups in total. The van der Waals surface area contributed by atoms with Crippen LogP contribution in [-0.4, -0.2) is 30.5 Å². The van der Waals surface area contributed by atoms with Gasteiger partial charge < -0.3 is 20.9 Å². The Kier molecular flexibility index (Phi) is 3.49. The van der Waals surface area contributed by atoms with Gasteiger partial charge in [0.15, 0.2) is 0 Å². The number of halogens is 1. The molecule has 1 heterocycles. The van der Waals surface area contributed by atoms with Crippen molar-refractivity contribution in [3.8, 4) is 0 Å². The number of nitrogen functional groups attached to an aromatic ring is 1. The topological polar surface area (TPSA) is 67.5 Å². The summed E-state index contributed by atoms with van der Waals surface area (Å²) in [5.41, 5.74) is 5.41. The number of aliphatic hydroxyl groups is 1. The number of nitrogens with two attached hydrogens (primary N) is 1. The Labute approximate surface area is 99.6 Å². The van der Waals surface area contributed by atoms with Crippen LogP contribution < -0.4 is 11.1 Å². The third-order valence-electron chi connectivity index (χ3n) is 3.08. The number of nitrogens with one attached hydrogen (secondary N) is 1. The number of rotatable bonds is 3. The third-order valence-corrected chi connectivity index (χ3v) is 3.08. The van der Waals surface area contributed by atoms with E-state index in [2.05, 4.69) is 5.32 Å². The summed E-state index contributed by atoms with van der Waals surface area (Å²) in [7, 11) is 0. The van der Waals surface area contributed by atoms with E-state index in [9.17, 15) is 9.50 Å². The maximum Gasteiger partial charge on any atom is 0.148 e. The largest absolute Gasteiger partial charge is 0.395 e. The van der Waals surface area contributed by atoms with Crippen molar-refractivity contribution in [1.29, 1.82) is 0 Å². The van der Waals surface area contributed by atoms with Crippen LogP contribution in [-0.2, 0) is 4.74 Å². The monoisotopic (exact) mass is 240 g/mol. The summed E-state index contributed by atoms with van der Waals surface area (Å²) in [6, 6.07) is 4.59. The highest BCUT2D eigenvalue weighted by atomic mass is 19.1. The van der Waals surface area contributed by atoms with E-state index in [4.69, 9.17) is 10.5 Å². The van der Waals surface area contributed by atoms with Crippen LogP contribution in [0.2, 0.25) is 0 Å². The molecule has 0 radical (unpaired) electrons. The predicted octanol–water partition coefficient (Wildman–Crippen LogP) is 1.36. The third kappa shape index (κ3) is 2.87. The molecular weight excluding hydrogens is 223 g/mol. The van der Waals surface area contributed by atoms with Crippen LogP contribution in [0.4, 0.5) is 15.8 Å². The Balaban J connectivity index is 1.99. The summed E-state index contributed by atoms with van der Waals surface area (Å²) in [5.74, 6) is -0.450. The number of hydrogen-bond acceptors (Lipinski definition) is 4. The first-order valence-electron chi connectivity index (χ1n) is 5.69. The van der Waals surface area contributed by atoms with Gasteiger partial charge in [0, 0.05) is 32.6 Å². The van der Waals surface area contributed by atoms with Gasteiger partial charge in [-0.3, -0.25) is 0 Å². The number of benzene rings is 1. The highest BCUT2D eigenvalue weighted by Crippen LogP contribution is 2.25. The fourth-order valence-corrected chi connectivity index (χ4v) is 1.88. The zero-order valence-electron chi connectivity index (χ0n) is 9.58. The molecule has 0 spiro atoms. The number of anilines is 2. The smallest absolute Gasteiger partial charge is 0.148 e. The lowest BCUT2D eigenvalue weighted by atomic mass is 9.94. The Morgan fingerprint density at radius 1 is 1.41 bits per heavy atom. The molecule has 17 heavy (non-hydrogen) atoms. The quantitative estimate of drug-likeness (QED) is 0.698. The van der Waals surface area contributed by atoms with Gasteiger partial charge in [-0.1, -0.05) is 6.07 Å². The van der Waals surface area contributed by atoms with Crippen molar-refractivity contribution in [3.05, 3.63) is 24.0 Å². The van der Waals surface area contributed by atoms with Crippen molar-refractivity contribution < 1.29 is 14.2 Å². The number of hydrogen-bond donors (Lipinski definition) is 3. The molecule has 1 fully saturated rings. The van der Waals surface area contributed by atoms with Crippen LogP contribution in [0, 0.1) is 5.82 Å². The highest BCUT2D eigenvalue weighted by molar-refractivity contribution is 5.66. The summed E-state index contributed by atoms with van der Waals surface area (Å²) in [6.07, 6.45) is 1.16. The lowest BCUT2D eigenvalue weighted by Crippen LogP contribution is -2.42. The molecule has 0 amide bonds. The van der Waals surface area contributed by atoms with Crippen molar-refractivity contribution in [2.24, 2.45) is 0 Å². The van der Waals surface area contributed by atoms with Gasteiger partial charge in [0.1, 0.15) is 5.82 Å². The first-order valence-corrected chi connectivity index (χ1v) is 5.69. The Bertz CT molecular complexity index is 392. The van der Waals surface area contributed by atoms with Crippen molar-refractivity contribution in [2.45, 2.75) is 18.4 Å². The van der Waals surface area contributed by atoms with Gasteiger partial charge in [-0.25, -0.2) is 4.39 Å². The second-order valence-corrected chi connectivity index (χ2v) is 4.39. The average Bonchev–Trinajstić information content (AvgIpc) is 2.32. The highest BCUT2D eigenvalue weighted by Gasteiger charge is 2.29. The molecule has 0 bridgehead atoms. The SMILES string of the molecule is Nc1c(F)cccc1NCC1(O)CCOCC1. The molecular formula is C12H17FN2O2. The maximum absolute atomic E-state index is 13.2. The van der Waals surface area contributed by atoms with Crippen LogP contribution in [0.1, 0.15) is 12.8 Å². The van der Waals surface area contributed by atoms with Crippen LogP contribution in [0.15, 0.2) is 18.2 Å². The molecule has 1 aliphatic rings. The van der Waals surface area contributed by atoms with E-state index < -0.39 is 11.4 Å². The normalized spacial score (nSPS) is 18.9. The van der Waals surface area contributed by atoms with Crippen molar-refractivity contribution in [1.82, 2.24) is 0 Å². The van der Waals surface area contributed by atoms with Crippen LogP contribution in [0.3, 0.4) is 0 Å². The minimum Gasteiger partial charge on any atom is -0.395 e. The molecule has 1 aromatic rings. The predicted molar refractivity (Wildman–Crippen MR) is 64.3 cm³/mol. The van der Waals surface area contributed by atoms with E-state index >= 15 is 0 Å². The molecule has 0 saturated carbocycles. The van der Waals surface area contributed by atoms with E-state index in [0.717, 1.165) is 0 Å². The molecule has 1 saturated heterocycles. The molecule has 1 aliphatic heterocycles. The van der Waals surface area contributed by atoms with Gasteiger partial charge in [0.05, 0.1) is 17.0 Å². The van der Waals surface area contributed by atoms with Gasteiger partial charge in [-0.05, 0) is 12.1 Å². The molecule has 2 rings (SSSR count). The van der Waals surface area contributed by atoms with Crippen molar-refractivity contribution >= 4 is 11.4 Å². The second-order valence-electron chi connectivity index (χ2n) is 4.39. The fourth-order valence-electron chi connectivity index (χ4n) is 1.88. The van der Waals surface area contributed by atoms with E-state index in [1.165, 1.54) is 6.07 Å². The number of ether oxygens (including phenoxy) is 1. The first-order chi connectivity index (χ1) is 8.11. The first kappa shape index (κ1) is 12.1. The van der Waals surface area contributed by atoms with Gasteiger partial charge in [-0.15, -0.1) is 0 Å². The van der Waals surface area contributed by atoms with Gasteiger partial charge in [0.2, 0.25) is 0 Å². The molecule has 5 heteroatoms. The lowest BCUT2D eigenvalue weighted by molar-refractivity contribution is -0.0543. The molecule has 0 aliphatic carbocycles. The zero-order chi connectivity index (χ0) is 12.3. The molecule has 4 nitrogen and oxygen atoms in total. The van der Waals surface area contributed by atoms with Gasteiger partial charge in [0.25, 0.3) is 0 Å². The Hall–Kier alpha value is -1.33. The average molecular weight is 240 g/mol. The second kappa shape index (κ2) is 4.89. The van der Waals surface area contributed by atoms with Crippen LogP contribution >= 0.6 is 0 Å². The number of para-hydroxylation sites is 1. The van der Waals surface area contributed by atoms with Gasteiger partial charge >= 0.3 is 0 Å². The molecule has 0 aromatic heterocycles. The lowest BCUT2D eigenvalue weighted by Gasteiger charge is -2.32. The zero-order valence-corrected chi connectivity index (χ0v) is 9.58. The summed E-state index contributed by atoms with van der Waals surface area (Å²) in [6.45, 7) is 1.46. The van der Waals surface area contributed by atoms with Gasteiger partial charge in [-0.2, -0.15) is 0 Å². The minimum absolute atomic E-state index is 0.0863. The fraction of sp³-hybridized carbons (Fsp3) is 0.500. The molecule has 94 valence electrons. The van der Waals surface area contributed by atoms with Crippen molar-refractivity contribution in [3.63, 3.8) is 0 Å².